The normalized spacial score (nSPS) is 12.2. The fourth-order valence-electron chi connectivity index (χ4n) is 2.99. The zero-order valence-electron chi connectivity index (χ0n) is 17.2. The summed E-state index contributed by atoms with van der Waals surface area (Å²) < 4.78 is 5.41. The lowest BCUT2D eigenvalue weighted by Gasteiger charge is -2.27. The average Bonchev–Trinajstić information content (AvgIpc) is 3.22. The lowest BCUT2D eigenvalue weighted by Crippen LogP contribution is -2.38. The molecule has 0 aliphatic heterocycles. The van der Waals surface area contributed by atoms with Crippen LogP contribution in [0.1, 0.15) is 37.3 Å². The van der Waals surface area contributed by atoms with Crippen molar-refractivity contribution in [3.05, 3.63) is 77.7 Å². The molecule has 0 spiro atoms. The van der Waals surface area contributed by atoms with E-state index in [-0.39, 0.29) is 11.9 Å². The highest BCUT2D eigenvalue weighted by molar-refractivity contribution is 5.92. The van der Waals surface area contributed by atoms with Crippen molar-refractivity contribution in [2.75, 3.05) is 6.54 Å². The lowest BCUT2D eigenvalue weighted by molar-refractivity contribution is -0.128. The number of nitrogens with zero attached hydrogens (tertiary/aromatic N) is 3. The van der Waals surface area contributed by atoms with Gasteiger partial charge in [0, 0.05) is 30.6 Å². The molecule has 29 heavy (non-hydrogen) atoms. The van der Waals surface area contributed by atoms with Crippen molar-refractivity contribution in [1.82, 2.24) is 15.0 Å². The van der Waals surface area contributed by atoms with E-state index >= 15 is 0 Å². The molecule has 3 rings (SSSR count). The number of aromatic nitrogens is 2. The molecule has 0 aliphatic rings. The second kappa shape index (κ2) is 9.82. The van der Waals surface area contributed by atoms with E-state index < -0.39 is 0 Å². The number of hydrogen-bond donors (Lipinski definition) is 0. The Hall–Kier alpha value is -3.21. The molecule has 1 heterocycles. The summed E-state index contributed by atoms with van der Waals surface area (Å²) in [6.45, 7) is 6.70. The van der Waals surface area contributed by atoms with Crippen LogP contribution in [0.15, 0.2) is 65.2 Å². The van der Waals surface area contributed by atoms with Gasteiger partial charge in [-0.1, -0.05) is 72.2 Å². The maximum absolute atomic E-state index is 12.8. The first-order valence-corrected chi connectivity index (χ1v) is 10.00. The molecular weight excluding hydrogens is 362 g/mol. The molecule has 5 heteroatoms. The molecule has 2 aromatic carbocycles. The number of amides is 1. The SMILES string of the molecule is CC[C@H](C)N(CCc1nc(-c2ccc(C)cc2)no1)C(=O)/C=C/c1ccccc1. The Labute approximate surface area is 172 Å². The van der Waals surface area contributed by atoms with Crippen LogP contribution < -0.4 is 0 Å². The van der Waals surface area contributed by atoms with Gasteiger partial charge in [-0.25, -0.2) is 0 Å². The summed E-state index contributed by atoms with van der Waals surface area (Å²) in [6, 6.07) is 17.9. The minimum atomic E-state index is -0.0125. The van der Waals surface area contributed by atoms with Crippen molar-refractivity contribution in [2.45, 2.75) is 39.7 Å². The molecule has 0 saturated carbocycles. The van der Waals surface area contributed by atoms with Crippen molar-refractivity contribution in [3.63, 3.8) is 0 Å². The van der Waals surface area contributed by atoms with Gasteiger partial charge in [0.25, 0.3) is 0 Å². The van der Waals surface area contributed by atoms with Crippen LogP contribution in [0, 0.1) is 6.92 Å². The van der Waals surface area contributed by atoms with Gasteiger partial charge in [0.1, 0.15) is 0 Å². The Morgan fingerprint density at radius 1 is 1.14 bits per heavy atom. The van der Waals surface area contributed by atoms with Crippen molar-refractivity contribution in [2.24, 2.45) is 0 Å². The third-order valence-electron chi connectivity index (χ3n) is 4.97. The summed E-state index contributed by atoms with van der Waals surface area (Å²) in [7, 11) is 0. The van der Waals surface area contributed by atoms with Crippen LogP contribution in [0.2, 0.25) is 0 Å². The van der Waals surface area contributed by atoms with Crippen molar-refractivity contribution >= 4 is 12.0 Å². The standard InChI is InChI=1S/C24H27N3O2/c1-4-19(3)27(23(28)15-12-20-8-6-5-7-9-20)17-16-22-25-24(26-29-22)21-13-10-18(2)11-14-21/h5-15,19H,4,16-17H2,1-3H3/b15-12+/t19-/m0/s1. The van der Waals surface area contributed by atoms with E-state index in [1.54, 1.807) is 6.08 Å². The smallest absolute Gasteiger partial charge is 0.246 e. The Balaban J connectivity index is 1.65. The van der Waals surface area contributed by atoms with Crippen LogP contribution in [-0.4, -0.2) is 33.5 Å². The summed E-state index contributed by atoms with van der Waals surface area (Å²) >= 11 is 0. The van der Waals surface area contributed by atoms with Gasteiger partial charge >= 0.3 is 0 Å². The van der Waals surface area contributed by atoms with Gasteiger partial charge in [-0.15, -0.1) is 0 Å². The Morgan fingerprint density at radius 3 is 2.55 bits per heavy atom. The second-order valence-electron chi connectivity index (χ2n) is 7.16. The predicted molar refractivity (Wildman–Crippen MR) is 115 cm³/mol. The summed E-state index contributed by atoms with van der Waals surface area (Å²) in [4.78, 5) is 19.1. The Kier molecular flexibility index (Phi) is 6.95. The monoisotopic (exact) mass is 389 g/mol. The van der Waals surface area contributed by atoms with Crippen molar-refractivity contribution < 1.29 is 9.32 Å². The van der Waals surface area contributed by atoms with Crippen LogP contribution in [0.25, 0.3) is 17.5 Å². The maximum atomic E-state index is 12.8. The molecule has 1 amide bonds. The van der Waals surface area contributed by atoms with Gasteiger partial charge in [-0.3, -0.25) is 4.79 Å². The number of rotatable bonds is 8. The molecule has 0 fully saturated rings. The van der Waals surface area contributed by atoms with Gasteiger partial charge in [0.05, 0.1) is 0 Å². The molecule has 3 aromatic rings. The van der Waals surface area contributed by atoms with E-state index in [1.165, 1.54) is 5.56 Å². The molecule has 5 nitrogen and oxygen atoms in total. The van der Waals surface area contributed by atoms with E-state index in [2.05, 4.69) is 24.0 Å². The molecule has 0 unspecified atom stereocenters. The second-order valence-corrected chi connectivity index (χ2v) is 7.16. The number of benzene rings is 2. The summed E-state index contributed by atoms with van der Waals surface area (Å²) in [5, 5.41) is 4.08. The van der Waals surface area contributed by atoms with E-state index in [4.69, 9.17) is 4.52 Å². The maximum Gasteiger partial charge on any atom is 0.246 e. The topological polar surface area (TPSA) is 59.2 Å². The molecule has 150 valence electrons. The highest BCUT2D eigenvalue weighted by Gasteiger charge is 2.18. The zero-order valence-corrected chi connectivity index (χ0v) is 17.2. The highest BCUT2D eigenvalue weighted by atomic mass is 16.5. The fourth-order valence-corrected chi connectivity index (χ4v) is 2.99. The number of aryl methyl sites for hydroxylation is 1. The molecule has 0 saturated heterocycles. The van der Waals surface area contributed by atoms with Crippen LogP contribution in [0.5, 0.6) is 0 Å². The van der Waals surface area contributed by atoms with Gasteiger partial charge in [0.2, 0.25) is 17.6 Å². The van der Waals surface area contributed by atoms with E-state index in [9.17, 15) is 4.79 Å². The molecule has 1 atom stereocenters. The average molecular weight is 389 g/mol. The van der Waals surface area contributed by atoms with Crippen molar-refractivity contribution in [3.8, 4) is 11.4 Å². The highest BCUT2D eigenvalue weighted by Crippen LogP contribution is 2.17. The van der Waals surface area contributed by atoms with Gasteiger partial charge < -0.3 is 9.42 Å². The van der Waals surface area contributed by atoms with E-state index in [1.807, 2.05) is 72.5 Å². The largest absolute Gasteiger partial charge is 0.339 e. The van der Waals surface area contributed by atoms with Gasteiger partial charge in [0.15, 0.2) is 0 Å². The lowest BCUT2D eigenvalue weighted by atomic mass is 10.1. The summed E-state index contributed by atoms with van der Waals surface area (Å²) in [5.41, 5.74) is 3.11. The number of hydrogen-bond acceptors (Lipinski definition) is 4. The quantitative estimate of drug-likeness (QED) is 0.513. The summed E-state index contributed by atoms with van der Waals surface area (Å²) in [6.07, 6.45) is 4.88. The number of carbonyl (C=O) groups excluding carboxylic acids is 1. The van der Waals surface area contributed by atoms with Gasteiger partial charge in [-0.2, -0.15) is 4.98 Å². The van der Waals surface area contributed by atoms with E-state index in [0.717, 1.165) is 17.5 Å². The third-order valence-corrected chi connectivity index (χ3v) is 4.97. The first-order valence-electron chi connectivity index (χ1n) is 10.00. The predicted octanol–water partition coefficient (Wildman–Crippen LogP) is 4.93. The molecule has 0 N–H and O–H groups in total. The molecule has 1 aromatic heterocycles. The first-order chi connectivity index (χ1) is 14.1. The van der Waals surface area contributed by atoms with Crippen molar-refractivity contribution in [1.29, 1.82) is 0 Å². The summed E-state index contributed by atoms with van der Waals surface area (Å²) in [5.74, 6) is 1.10. The Bertz CT molecular complexity index is 946. The number of carbonyl (C=O) groups is 1. The Morgan fingerprint density at radius 2 is 1.86 bits per heavy atom. The van der Waals surface area contributed by atoms with Gasteiger partial charge in [-0.05, 0) is 31.9 Å². The zero-order chi connectivity index (χ0) is 20.6. The minimum Gasteiger partial charge on any atom is -0.339 e. The van der Waals surface area contributed by atoms with E-state index in [0.29, 0.717) is 24.7 Å². The molecule has 0 aliphatic carbocycles. The van der Waals surface area contributed by atoms with Crippen LogP contribution in [-0.2, 0) is 11.2 Å². The third kappa shape index (κ3) is 5.64. The van der Waals surface area contributed by atoms with Crippen LogP contribution in [0.4, 0.5) is 0 Å². The van der Waals surface area contributed by atoms with Crippen LogP contribution >= 0.6 is 0 Å². The first kappa shape index (κ1) is 20.5. The molecular formula is C24H27N3O2. The fraction of sp³-hybridized carbons (Fsp3) is 0.292. The minimum absolute atomic E-state index is 0.0125. The molecule has 0 bridgehead atoms. The van der Waals surface area contributed by atoms with Crippen LogP contribution in [0.3, 0.4) is 0 Å². The molecule has 0 radical (unpaired) electrons.